The molecule has 148 valence electrons. The Balaban J connectivity index is 1.38. The average molecular weight is 381 g/mol. The minimum absolute atomic E-state index is 0.0753. The summed E-state index contributed by atoms with van der Waals surface area (Å²) in [5.41, 5.74) is 5.91. The molecule has 0 aliphatic carbocycles. The fourth-order valence-electron chi connectivity index (χ4n) is 4.13. The zero-order valence-corrected chi connectivity index (χ0v) is 16.7. The molecule has 1 fully saturated rings. The molecule has 2 aromatic carbocycles. The summed E-state index contributed by atoms with van der Waals surface area (Å²) >= 11 is 0. The monoisotopic (exact) mass is 381 g/mol. The summed E-state index contributed by atoms with van der Waals surface area (Å²) < 4.78 is 11.1. The van der Waals surface area contributed by atoms with Gasteiger partial charge in [-0.1, -0.05) is 17.7 Å². The van der Waals surface area contributed by atoms with Crippen LogP contribution in [0.2, 0.25) is 0 Å². The summed E-state index contributed by atoms with van der Waals surface area (Å²) in [5, 5.41) is 2.98. The Hall–Kier alpha value is -2.89. The number of nitrogens with zero attached hydrogens (tertiary/aromatic N) is 2. The lowest BCUT2D eigenvalue weighted by Crippen LogP contribution is -2.50. The van der Waals surface area contributed by atoms with E-state index in [4.69, 9.17) is 9.47 Å². The molecule has 0 spiro atoms. The van der Waals surface area contributed by atoms with Crippen molar-refractivity contribution < 1.29 is 14.3 Å². The maximum absolute atomic E-state index is 12.7. The fourth-order valence-corrected chi connectivity index (χ4v) is 4.13. The number of carbonyl (C=O) groups excluding carboxylic acids is 1. The van der Waals surface area contributed by atoms with Crippen molar-refractivity contribution in [2.24, 2.45) is 0 Å². The lowest BCUT2D eigenvalue weighted by atomic mass is 10.0. The fraction of sp³-hybridized carbons (Fsp3) is 0.409. The first-order chi connectivity index (χ1) is 13.5. The normalized spacial score (nSPS) is 16.1. The highest BCUT2D eigenvalue weighted by Gasteiger charge is 2.23. The summed E-state index contributed by atoms with van der Waals surface area (Å²) in [7, 11) is 0. The van der Waals surface area contributed by atoms with Gasteiger partial charge in [-0.15, -0.1) is 0 Å². The highest BCUT2D eigenvalue weighted by Crippen LogP contribution is 2.33. The van der Waals surface area contributed by atoms with E-state index >= 15 is 0 Å². The topological polar surface area (TPSA) is 54.0 Å². The van der Waals surface area contributed by atoms with Crippen molar-refractivity contribution in [2.75, 3.05) is 49.6 Å². The van der Waals surface area contributed by atoms with Gasteiger partial charge in [0.15, 0.2) is 11.5 Å². The van der Waals surface area contributed by atoms with Gasteiger partial charge in [-0.2, -0.15) is 0 Å². The minimum atomic E-state index is -0.0753. The number of hydrogen-bond acceptors (Lipinski definition) is 4. The number of ether oxygens (including phenoxy) is 2. The number of nitrogens with one attached hydrogen (secondary N) is 1. The van der Waals surface area contributed by atoms with Crippen molar-refractivity contribution in [1.82, 2.24) is 4.90 Å². The molecule has 4 rings (SSSR count). The van der Waals surface area contributed by atoms with E-state index in [1.807, 2.05) is 23.1 Å². The van der Waals surface area contributed by atoms with Gasteiger partial charge in [0.1, 0.15) is 13.2 Å². The van der Waals surface area contributed by atoms with Crippen LogP contribution in [0.25, 0.3) is 0 Å². The molecule has 1 N–H and O–H groups in total. The average Bonchev–Trinajstić information content (AvgIpc) is 2.67. The number of urea groups is 1. The second-order valence-electron chi connectivity index (χ2n) is 7.51. The van der Waals surface area contributed by atoms with Crippen LogP contribution >= 0.6 is 0 Å². The highest BCUT2D eigenvalue weighted by molar-refractivity contribution is 5.90. The van der Waals surface area contributed by atoms with Gasteiger partial charge in [0.25, 0.3) is 0 Å². The van der Waals surface area contributed by atoms with Crippen molar-refractivity contribution in [3.63, 3.8) is 0 Å². The smallest absolute Gasteiger partial charge is 0.321 e. The minimum Gasteiger partial charge on any atom is -0.486 e. The van der Waals surface area contributed by atoms with E-state index in [0.717, 1.165) is 24.5 Å². The Morgan fingerprint density at radius 1 is 0.893 bits per heavy atom. The maximum atomic E-state index is 12.7. The molecule has 0 aromatic heterocycles. The van der Waals surface area contributed by atoms with Crippen LogP contribution in [0.3, 0.4) is 0 Å². The van der Waals surface area contributed by atoms with Gasteiger partial charge in [0.05, 0.1) is 0 Å². The second kappa shape index (κ2) is 7.62. The summed E-state index contributed by atoms with van der Waals surface area (Å²) in [6, 6.07) is 9.88. The van der Waals surface area contributed by atoms with E-state index in [-0.39, 0.29) is 6.03 Å². The number of anilines is 2. The highest BCUT2D eigenvalue weighted by atomic mass is 16.6. The number of benzene rings is 2. The van der Waals surface area contributed by atoms with Gasteiger partial charge in [-0.3, -0.25) is 0 Å². The number of amides is 2. The first-order valence-electron chi connectivity index (χ1n) is 9.79. The predicted molar refractivity (Wildman–Crippen MR) is 111 cm³/mol. The van der Waals surface area contributed by atoms with E-state index in [2.05, 4.69) is 43.1 Å². The molecule has 0 unspecified atom stereocenters. The van der Waals surface area contributed by atoms with Gasteiger partial charge in [-0.05, 0) is 44.0 Å². The predicted octanol–water partition coefficient (Wildman–Crippen LogP) is 3.74. The number of aryl methyl sites for hydroxylation is 3. The van der Waals surface area contributed by atoms with E-state index in [0.29, 0.717) is 32.1 Å². The molecular weight excluding hydrogens is 354 g/mol. The van der Waals surface area contributed by atoms with Crippen LogP contribution in [-0.4, -0.2) is 50.3 Å². The SMILES string of the molecule is Cc1cc(C)c(N2CCN(C(=O)Nc3ccc4c(c3)OCCO4)CC2)c(C)c1. The molecule has 0 radical (unpaired) electrons. The summed E-state index contributed by atoms with van der Waals surface area (Å²) in [5.74, 6) is 1.40. The van der Waals surface area contributed by atoms with Gasteiger partial charge in [-0.25, -0.2) is 4.79 Å². The van der Waals surface area contributed by atoms with Gasteiger partial charge in [0.2, 0.25) is 0 Å². The molecular formula is C22H27N3O3. The molecule has 2 aromatic rings. The number of rotatable bonds is 2. The molecule has 2 aliphatic rings. The van der Waals surface area contributed by atoms with Crippen LogP contribution in [0.4, 0.5) is 16.2 Å². The van der Waals surface area contributed by atoms with Crippen LogP contribution < -0.4 is 19.7 Å². The third kappa shape index (κ3) is 3.72. The molecule has 2 heterocycles. The number of fused-ring (bicyclic) bond motifs is 1. The molecule has 2 amide bonds. The Labute approximate surface area is 166 Å². The van der Waals surface area contributed by atoms with E-state index in [1.54, 1.807) is 0 Å². The Kier molecular flexibility index (Phi) is 5.03. The maximum Gasteiger partial charge on any atom is 0.321 e. The second-order valence-corrected chi connectivity index (χ2v) is 7.51. The Morgan fingerprint density at radius 3 is 2.21 bits per heavy atom. The van der Waals surface area contributed by atoms with Crippen LogP contribution in [0.5, 0.6) is 11.5 Å². The third-order valence-corrected chi connectivity index (χ3v) is 5.31. The third-order valence-electron chi connectivity index (χ3n) is 5.31. The van der Waals surface area contributed by atoms with Crippen molar-refractivity contribution in [2.45, 2.75) is 20.8 Å². The van der Waals surface area contributed by atoms with Crippen molar-refractivity contribution in [3.8, 4) is 11.5 Å². The molecule has 28 heavy (non-hydrogen) atoms. The first-order valence-corrected chi connectivity index (χ1v) is 9.79. The lowest BCUT2D eigenvalue weighted by Gasteiger charge is -2.37. The number of carbonyl (C=O) groups is 1. The standard InChI is InChI=1S/C22H27N3O3/c1-15-12-16(2)21(17(3)13-15)24-6-8-25(9-7-24)22(26)23-18-4-5-19-20(14-18)28-11-10-27-19/h4-5,12-14H,6-11H2,1-3H3,(H,23,26). The van der Waals surface area contributed by atoms with Crippen molar-refractivity contribution in [3.05, 3.63) is 47.0 Å². The van der Waals surface area contributed by atoms with E-state index < -0.39 is 0 Å². The van der Waals surface area contributed by atoms with E-state index in [9.17, 15) is 4.79 Å². The van der Waals surface area contributed by atoms with Crippen LogP contribution in [0.15, 0.2) is 30.3 Å². The summed E-state index contributed by atoms with van der Waals surface area (Å²) in [6.07, 6.45) is 0. The van der Waals surface area contributed by atoms with Gasteiger partial charge < -0.3 is 24.6 Å². The van der Waals surface area contributed by atoms with Crippen molar-refractivity contribution in [1.29, 1.82) is 0 Å². The van der Waals surface area contributed by atoms with Gasteiger partial charge >= 0.3 is 6.03 Å². The largest absolute Gasteiger partial charge is 0.486 e. The van der Waals surface area contributed by atoms with Crippen LogP contribution in [0.1, 0.15) is 16.7 Å². The molecule has 0 bridgehead atoms. The number of piperazine rings is 1. The zero-order chi connectivity index (χ0) is 19.7. The lowest BCUT2D eigenvalue weighted by molar-refractivity contribution is 0.171. The number of hydrogen-bond donors (Lipinski definition) is 1. The van der Waals surface area contributed by atoms with Crippen LogP contribution in [0, 0.1) is 20.8 Å². The molecule has 2 aliphatic heterocycles. The van der Waals surface area contributed by atoms with E-state index in [1.165, 1.54) is 22.4 Å². The quantitative estimate of drug-likeness (QED) is 0.861. The van der Waals surface area contributed by atoms with Gasteiger partial charge in [0, 0.05) is 43.6 Å². The molecule has 6 nitrogen and oxygen atoms in total. The summed E-state index contributed by atoms with van der Waals surface area (Å²) in [4.78, 5) is 16.9. The Morgan fingerprint density at radius 2 is 1.54 bits per heavy atom. The zero-order valence-electron chi connectivity index (χ0n) is 16.7. The van der Waals surface area contributed by atoms with Crippen LogP contribution in [-0.2, 0) is 0 Å². The first kappa shape index (κ1) is 18.5. The molecule has 0 atom stereocenters. The summed E-state index contributed by atoms with van der Waals surface area (Å²) in [6.45, 7) is 10.6. The molecule has 1 saturated heterocycles. The van der Waals surface area contributed by atoms with Crippen molar-refractivity contribution >= 4 is 17.4 Å². The Bertz CT molecular complexity index is 866. The molecule has 6 heteroatoms. The molecule has 0 saturated carbocycles.